The highest BCUT2D eigenvalue weighted by Gasteiger charge is 2.25. The van der Waals surface area contributed by atoms with Crippen molar-refractivity contribution in [1.82, 2.24) is 19.4 Å². The van der Waals surface area contributed by atoms with E-state index in [0.717, 1.165) is 26.2 Å². The fourth-order valence-electron chi connectivity index (χ4n) is 3.07. The number of nitro groups is 1. The molecule has 0 atom stereocenters. The minimum Gasteiger partial charge on any atom is -0.336 e. The van der Waals surface area contributed by atoms with Crippen LogP contribution in [0.5, 0.6) is 0 Å². The zero-order valence-electron chi connectivity index (χ0n) is 14.2. The Balaban J connectivity index is 1.58. The number of rotatable bonds is 5. The van der Waals surface area contributed by atoms with E-state index in [1.165, 1.54) is 6.07 Å². The highest BCUT2D eigenvalue weighted by atomic mass is 16.6. The topological polar surface area (TPSA) is 84.5 Å². The first-order valence-electron chi connectivity index (χ1n) is 8.27. The van der Waals surface area contributed by atoms with E-state index in [4.69, 9.17) is 0 Å². The summed E-state index contributed by atoms with van der Waals surface area (Å²) in [6.45, 7) is 6.28. The van der Waals surface area contributed by atoms with E-state index in [-0.39, 0.29) is 11.6 Å². The average molecular weight is 343 g/mol. The van der Waals surface area contributed by atoms with Crippen LogP contribution in [0.4, 0.5) is 5.69 Å². The third-order valence-electron chi connectivity index (χ3n) is 4.63. The zero-order valence-corrected chi connectivity index (χ0v) is 14.2. The predicted molar refractivity (Wildman–Crippen MR) is 92.4 cm³/mol. The van der Waals surface area contributed by atoms with Crippen molar-refractivity contribution in [1.29, 1.82) is 0 Å². The molecule has 132 valence electrons. The molecule has 1 fully saturated rings. The first-order valence-corrected chi connectivity index (χ1v) is 8.27. The Morgan fingerprint density at radius 3 is 2.64 bits per heavy atom. The van der Waals surface area contributed by atoms with Gasteiger partial charge in [-0.05, 0) is 13.0 Å². The van der Waals surface area contributed by atoms with Crippen LogP contribution in [0, 0.1) is 17.0 Å². The number of nitrogens with zero attached hydrogens (tertiary/aromatic N) is 5. The lowest BCUT2D eigenvalue weighted by Gasteiger charge is -2.35. The minimum atomic E-state index is -0.444. The minimum absolute atomic E-state index is 0.00943. The average Bonchev–Trinajstić information content (AvgIpc) is 3.13. The standard InChI is InChI=1S/C17H21N5O3/c1-14-15(3-2-4-16(14)22(24)25)17(23)21-11-9-19(10-12-21)7-8-20-6-5-18-13-20/h2-6,13H,7-12H2,1H3. The summed E-state index contributed by atoms with van der Waals surface area (Å²) in [6, 6.07) is 4.66. The molecule has 8 heteroatoms. The highest BCUT2D eigenvalue weighted by Crippen LogP contribution is 2.22. The molecule has 2 heterocycles. The fourth-order valence-corrected chi connectivity index (χ4v) is 3.07. The van der Waals surface area contributed by atoms with Gasteiger partial charge in [-0.2, -0.15) is 0 Å². The molecule has 1 aromatic heterocycles. The molecule has 0 aliphatic carbocycles. The van der Waals surface area contributed by atoms with Crippen molar-refractivity contribution in [3.63, 3.8) is 0 Å². The Morgan fingerprint density at radius 2 is 2.00 bits per heavy atom. The molecule has 8 nitrogen and oxygen atoms in total. The van der Waals surface area contributed by atoms with Gasteiger partial charge in [-0.25, -0.2) is 4.98 Å². The monoisotopic (exact) mass is 343 g/mol. The number of aromatic nitrogens is 2. The summed E-state index contributed by atoms with van der Waals surface area (Å²) in [5, 5.41) is 11.1. The van der Waals surface area contributed by atoms with E-state index in [1.54, 1.807) is 36.5 Å². The smallest absolute Gasteiger partial charge is 0.273 e. The van der Waals surface area contributed by atoms with Gasteiger partial charge in [-0.15, -0.1) is 0 Å². The van der Waals surface area contributed by atoms with Gasteiger partial charge in [-0.3, -0.25) is 19.8 Å². The van der Waals surface area contributed by atoms with Gasteiger partial charge >= 0.3 is 0 Å². The third-order valence-corrected chi connectivity index (χ3v) is 4.63. The summed E-state index contributed by atoms with van der Waals surface area (Å²) in [5.74, 6) is -0.129. The van der Waals surface area contributed by atoms with Crippen molar-refractivity contribution in [2.75, 3.05) is 32.7 Å². The molecule has 1 aliphatic rings. The normalized spacial score (nSPS) is 15.3. The molecule has 0 unspecified atom stereocenters. The second-order valence-corrected chi connectivity index (χ2v) is 6.14. The van der Waals surface area contributed by atoms with E-state index < -0.39 is 4.92 Å². The Morgan fingerprint density at radius 1 is 1.24 bits per heavy atom. The van der Waals surface area contributed by atoms with Crippen LogP contribution in [0.2, 0.25) is 0 Å². The maximum absolute atomic E-state index is 12.7. The number of hydrogen-bond donors (Lipinski definition) is 0. The van der Waals surface area contributed by atoms with Gasteiger partial charge in [0.05, 0.1) is 11.3 Å². The number of carbonyl (C=O) groups excluding carboxylic acids is 1. The molecular formula is C17H21N5O3. The number of benzene rings is 1. The molecule has 0 spiro atoms. The molecule has 1 amide bonds. The molecule has 25 heavy (non-hydrogen) atoms. The van der Waals surface area contributed by atoms with Crippen molar-refractivity contribution < 1.29 is 9.72 Å². The van der Waals surface area contributed by atoms with Gasteiger partial charge in [0.1, 0.15) is 0 Å². The first kappa shape index (κ1) is 17.1. The molecule has 3 rings (SSSR count). The lowest BCUT2D eigenvalue weighted by molar-refractivity contribution is -0.385. The molecule has 0 N–H and O–H groups in total. The van der Waals surface area contributed by atoms with Crippen LogP contribution >= 0.6 is 0 Å². The quantitative estimate of drug-likeness (QED) is 0.607. The van der Waals surface area contributed by atoms with Crippen molar-refractivity contribution in [3.05, 3.63) is 58.2 Å². The van der Waals surface area contributed by atoms with E-state index in [2.05, 4.69) is 9.88 Å². The summed E-state index contributed by atoms with van der Waals surface area (Å²) in [5.41, 5.74) is 0.839. The van der Waals surface area contributed by atoms with Crippen molar-refractivity contribution in [3.8, 4) is 0 Å². The molecule has 0 bridgehead atoms. The van der Waals surface area contributed by atoms with Crippen molar-refractivity contribution in [2.45, 2.75) is 13.5 Å². The van der Waals surface area contributed by atoms with Crippen LogP contribution in [0.15, 0.2) is 36.9 Å². The second-order valence-electron chi connectivity index (χ2n) is 6.14. The van der Waals surface area contributed by atoms with Gasteiger partial charge in [0.15, 0.2) is 0 Å². The largest absolute Gasteiger partial charge is 0.336 e. The number of hydrogen-bond acceptors (Lipinski definition) is 5. The maximum Gasteiger partial charge on any atom is 0.273 e. The van der Waals surface area contributed by atoms with Gasteiger partial charge in [0, 0.05) is 68.9 Å². The summed E-state index contributed by atoms with van der Waals surface area (Å²) in [6.07, 6.45) is 5.49. The maximum atomic E-state index is 12.7. The van der Waals surface area contributed by atoms with Crippen LogP contribution in [-0.4, -0.2) is 62.9 Å². The van der Waals surface area contributed by atoms with Gasteiger partial charge in [0.2, 0.25) is 0 Å². The van der Waals surface area contributed by atoms with Crippen LogP contribution in [-0.2, 0) is 6.54 Å². The second kappa shape index (κ2) is 7.43. The molecule has 2 aromatic rings. The van der Waals surface area contributed by atoms with Crippen LogP contribution in [0.3, 0.4) is 0 Å². The number of carbonyl (C=O) groups is 1. The molecule has 0 saturated carbocycles. The van der Waals surface area contributed by atoms with Crippen molar-refractivity contribution >= 4 is 11.6 Å². The van der Waals surface area contributed by atoms with E-state index in [0.29, 0.717) is 24.2 Å². The SMILES string of the molecule is Cc1c(C(=O)N2CCN(CCn3ccnc3)CC2)cccc1[N+](=O)[O-]. The third kappa shape index (κ3) is 3.85. The Kier molecular flexibility index (Phi) is 5.08. The summed E-state index contributed by atoms with van der Waals surface area (Å²) in [4.78, 5) is 31.4. The molecule has 1 saturated heterocycles. The summed E-state index contributed by atoms with van der Waals surface area (Å²) >= 11 is 0. The predicted octanol–water partition coefficient (Wildman–Crippen LogP) is 1.56. The van der Waals surface area contributed by atoms with Crippen LogP contribution in [0.25, 0.3) is 0 Å². The van der Waals surface area contributed by atoms with Gasteiger partial charge in [0.25, 0.3) is 11.6 Å². The lowest BCUT2D eigenvalue weighted by atomic mass is 10.1. The number of amides is 1. The van der Waals surface area contributed by atoms with E-state index >= 15 is 0 Å². The zero-order chi connectivity index (χ0) is 17.8. The Hall–Kier alpha value is -2.74. The van der Waals surface area contributed by atoms with E-state index in [9.17, 15) is 14.9 Å². The highest BCUT2D eigenvalue weighted by molar-refractivity contribution is 5.96. The molecular weight excluding hydrogens is 322 g/mol. The number of piperazine rings is 1. The Labute approximate surface area is 145 Å². The fraction of sp³-hybridized carbons (Fsp3) is 0.412. The lowest BCUT2D eigenvalue weighted by Crippen LogP contribution is -2.49. The van der Waals surface area contributed by atoms with Crippen LogP contribution in [0.1, 0.15) is 15.9 Å². The first-order chi connectivity index (χ1) is 12.1. The molecule has 1 aliphatic heterocycles. The molecule has 0 radical (unpaired) electrons. The Bertz CT molecular complexity index is 752. The summed E-state index contributed by atoms with van der Waals surface area (Å²) < 4.78 is 2.03. The van der Waals surface area contributed by atoms with Crippen molar-refractivity contribution in [2.24, 2.45) is 0 Å². The van der Waals surface area contributed by atoms with E-state index in [1.807, 2.05) is 10.8 Å². The van der Waals surface area contributed by atoms with Gasteiger partial charge in [-0.1, -0.05) is 6.07 Å². The van der Waals surface area contributed by atoms with Gasteiger partial charge < -0.3 is 9.47 Å². The van der Waals surface area contributed by atoms with Crippen LogP contribution < -0.4 is 0 Å². The number of imidazole rings is 1. The molecule has 1 aromatic carbocycles. The number of nitro benzene ring substituents is 1. The summed E-state index contributed by atoms with van der Waals surface area (Å²) in [7, 11) is 0.